The summed E-state index contributed by atoms with van der Waals surface area (Å²) in [5, 5.41) is 0. The fourth-order valence-corrected chi connectivity index (χ4v) is 2.16. The summed E-state index contributed by atoms with van der Waals surface area (Å²) in [6.45, 7) is 7.66. The smallest absolute Gasteiger partial charge is 0.213 e. The van der Waals surface area contributed by atoms with E-state index in [0.717, 1.165) is 16.7 Å². The average molecular weight is 327 g/mol. The molecule has 0 aliphatic carbocycles. The van der Waals surface area contributed by atoms with Crippen LogP contribution in [0, 0.1) is 6.92 Å². The number of hydrogen-bond acceptors (Lipinski definition) is 4. The molecule has 0 aliphatic rings. The van der Waals surface area contributed by atoms with Crippen LogP contribution in [0.25, 0.3) is 6.08 Å². The molecule has 4 nitrogen and oxygen atoms in total. The predicted molar refractivity (Wildman–Crippen MR) is 95.9 cm³/mol. The number of pyridine rings is 1. The maximum Gasteiger partial charge on any atom is 0.213 e. The standard InChI is InChI=1S/C20H25NO3/c1-4-22-20(23-5-2)18-11-9-17(10-12-18)7-6-14-24-19-13-8-16(3)15-21-19/h6-13,15,20H,4-5,14H2,1-3H3. The second kappa shape index (κ2) is 9.85. The lowest BCUT2D eigenvalue weighted by atomic mass is 10.1. The molecule has 0 amide bonds. The van der Waals surface area contributed by atoms with Gasteiger partial charge in [0, 0.05) is 31.0 Å². The fourth-order valence-electron chi connectivity index (χ4n) is 2.16. The molecular weight excluding hydrogens is 302 g/mol. The van der Waals surface area contributed by atoms with E-state index in [2.05, 4.69) is 4.98 Å². The maximum atomic E-state index is 5.60. The maximum absolute atomic E-state index is 5.60. The van der Waals surface area contributed by atoms with Crippen LogP contribution in [-0.2, 0) is 9.47 Å². The number of rotatable bonds is 9. The summed E-state index contributed by atoms with van der Waals surface area (Å²) in [5.74, 6) is 0.636. The monoisotopic (exact) mass is 327 g/mol. The molecule has 0 fully saturated rings. The molecule has 0 bridgehead atoms. The summed E-state index contributed by atoms with van der Waals surface area (Å²) in [4.78, 5) is 4.20. The Balaban J connectivity index is 1.87. The molecule has 0 saturated carbocycles. The van der Waals surface area contributed by atoms with E-state index in [0.29, 0.717) is 25.7 Å². The quantitative estimate of drug-likeness (QED) is 0.633. The Labute approximate surface area is 144 Å². The highest BCUT2D eigenvalue weighted by molar-refractivity contribution is 5.49. The van der Waals surface area contributed by atoms with Gasteiger partial charge in [0.1, 0.15) is 6.61 Å². The van der Waals surface area contributed by atoms with Gasteiger partial charge in [0.05, 0.1) is 0 Å². The molecule has 1 aromatic carbocycles. The molecule has 2 rings (SSSR count). The molecule has 4 heteroatoms. The zero-order valence-electron chi connectivity index (χ0n) is 14.6. The molecule has 0 aliphatic heterocycles. The van der Waals surface area contributed by atoms with E-state index >= 15 is 0 Å². The van der Waals surface area contributed by atoms with Crippen LogP contribution in [0.5, 0.6) is 5.88 Å². The highest BCUT2D eigenvalue weighted by atomic mass is 16.7. The number of ether oxygens (including phenoxy) is 3. The topological polar surface area (TPSA) is 40.6 Å². The summed E-state index contributed by atoms with van der Waals surface area (Å²) >= 11 is 0. The summed E-state index contributed by atoms with van der Waals surface area (Å²) in [5.41, 5.74) is 3.25. The molecular formula is C20H25NO3. The number of nitrogens with zero attached hydrogens (tertiary/aromatic N) is 1. The zero-order chi connectivity index (χ0) is 17.2. The number of aryl methyl sites for hydroxylation is 1. The summed E-state index contributed by atoms with van der Waals surface area (Å²) in [7, 11) is 0. The lowest BCUT2D eigenvalue weighted by Crippen LogP contribution is -2.08. The van der Waals surface area contributed by atoms with Crippen molar-refractivity contribution in [1.29, 1.82) is 0 Å². The predicted octanol–water partition coefficient (Wildman–Crippen LogP) is 4.55. The van der Waals surface area contributed by atoms with Gasteiger partial charge in [-0.2, -0.15) is 0 Å². The van der Waals surface area contributed by atoms with Crippen LogP contribution in [0.15, 0.2) is 48.7 Å². The van der Waals surface area contributed by atoms with Crippen LogP contribution in [0.1, 0.15) is 36.8 Å². The van der Waals surface area contributed by atoms with E-state index in [1.54, 1.807) is 6.20 Å². The first kappa shape index (κ1) is 18.2. The molecule has 2 aromatic rings. The van der Waals surface area contributed by atoms with Gasteiger partial charge in [-0.1, -0.05) is 36.4 Å². The summed E-state index contributed by atoms with van der Waals surface area (Å²) in [6.07, 6.45) is 5.49. The second-order valence-corrected chi connectivity index (χ2v) is 5.30. The van der Waals surface area contributed by atoms with Gasteiger partial charge in [-0.05, 0) is 38.0 Å². The Kier molecular flexibility index (Phi) is 7.46. The van der Waals surface area contributed by atoms with Crippen molar-refractivity contribution in [2.75, 3.05) is 19.8 Å². The first-order chi connectivity index (χ1) is 11.7. The van der Waals surface area contributed by atoms with Crippen molar-refractivity contribution in [3.63, 3.8) is 0 Å². The molecule has 128 valence electrons. The SMILES string of the molecule is CCOC(OCC)c1ccc(C=CCOc2ccc(C)cn2)cc1. The number of aromatic nitrogens is 1. The lowest BCUT2D eigenvalue weighted by Gasteiger charge is -2.17. The van der Waals surface area contributed by atoms with E-state index in [1.165, 1.54) is 0 Å². The molecule has 0 N–H and O–H groups in total. The van der Waals surface area contributed by atoms with Crippen molar-refractivity contribution in [1.82, 2.24) is 4.98 Å². The van der Waals surface area contributed by atoms with Crippen molar-refractivity contribution in [3.05, 3.63) is 65.4 Å². The first-order valence-corrected chi connectivity index (χ1v) is 8.28. The van der Waals surface area contributed by atoms with Gasteiger partial charge in [0.2, 0.25) is 5.88 Å². The highest BCUT2D eigenvalue weighted by Crippen LogP contribution is 2.19. The third-order valence-electron chi connectivity index (χ3n) is 3.37. The van der Waals surface area contributed by atoms with Crippen molar-refractivity contribution in [2.45, 2.75) is 27.1 Å². The van der Waals surface area contributed by atoms with Gasteiger partial charge < -0.3 is 14.2 Å². The van der Waals surface area contributed by atoms with Crippen LogP contribution in [0.3, 0.4) is 0 Å². The Hall–Kier alpha value is -2.17. The molecule has 0 spiro atoms. The molecule has 0 saturated heterocycles. The van der Waals surface area contributed by atoms with E-state index in [4.69, 9.17) is 14.2 Å². The normalized spacial score (nSPS) is 11.3. The van der Waals surface area contributed by atoms with Gasteiger partial charge in [-0.15, -0.1) is 0 Å². The van der Waals surface area contributed by atoms with Crippen LogP contribution in [0.2, 0.25) is 0 Å². The Morgan fingerprint density at radius 2 is 1.71 bits per heavy atom. The van der Waals surface area contributed by atoms with E-state index < -0.39 is 0 Å². The van der Waals surface area contributed by atoms with E-state index in [9.17, 15) is 0 Å². The Bertz CT molecular complexity index is 614. The molecule has 1 aromatic heterocycles. The summed E-state index contributed by atoms with van der Waals surface area (Å²) < 4.78 is 16.8. The number of hydrogen-bond donors (Lipinski definition) is 0. The van der Waals surface area contributed by atoms with Crippen LogP contribution in [-0.4, -0.2) is 24.8 Å². The molecule has 0 radical (unpaired) electrons. The Morgan fingerprint density at radius 1 is 1.00 bits per heavy atom. The van der Waals surface area contributed by atoms with Crippen molar-refractivity contribution >= 4 is 6.08 Å². The largest absolute Gasteiger partial charge is 0.473 e. The lowest BCUT2D eigenvalue weighted by molar-refractivity contribution is -0.140. The second-order valence-electron chi connectivity index (χ2n) is 5.30. The third-order valence-corrected chi connectivity index (χ3v) is 3.37. The van der Waals surface area contributed by atoms with Gasteiger partial charge >= 0.3 is 0 Å². The van der Waals surface area contributed by atoms with Crippen LogP contribution < -0.4 is 4.74 Å². The number of benzene rings is 1. The zero-order valence-corrected chi connectivity index (χ0v) is 14.6. The molecule has 1 heterocycles. The molecule has 24 heavy (non-hydrogen) atoms. The third kappa shape index (κ3) is 5.80. The van der Waals surface area contributed by atoms with Gasteiger partial charge in [-0.25, -0.2) is 4.98 Å². The van der Waals surface area contributed by atoms with Crippen molar-refractivity contribution < 1.29 is 14.2 Å². The average Bonchev–Trinajstić information content (AvgIpc) is 2.61. The summed E-state index contributed by atoms with van der Waals surface area (Å²) in [6, 6.07) is 12.0. The van der Waals surface area contributed by atoms with Gasteiger partial charge in [-0.3, -0.25) is 0 Å². The minimum Gasteiger partial charge on any atom is -0.473 e. The minimum absolute atomic E-state index is 0.297. The molecule has 0 unspecified atom stereocenters. The van der Waals surface area contributed by atoms with Gasteiger partial charge in [0.15, 0.2) is 6.29 Å². The molecule has 0 atom stereocenters. The van der Waals surface area contributed by atoms with Crippen LogP contribution >= 0.6 is 0 Å². The fraction of sp³-hybridized carbons (Fsp3) is 0.350. The Morgan fingerprint density at radius 3 is 2.29 bits per heavy atom. The van der Waals surface area contributed by atoms with Crippen molar-refractivity contribution in [2.24, 2.45) is 0 Å². The van der Waals surface area contributed by atoms with Gasteiger partial charge in [0.25, 0.3) is 0 Å². The first-order valence-electron chi connectivity index (χ1n) is 8.28. The van der Waals surface area contributed by atoms with Crippen molar-refractivity contribution in [3.8, 4) is 5.88 Å². The highest BCUT2D eigenvalue weighted by Gasteiger charge is 2.10. The van der Waals surface area contributed by atoms with E-state index in [-0.39, 0.29) is 6.29 Å². The van der Waals surface area contributed by atoms with Crippen LogP contribution in [0.4, 0.5) is 0 Å². The van der Waals surface area contributed by atoms with E-state index in [1.807, 2.05) is 69.3 Å². The minimum atomic E-state index is -0.297.